The van der Waals surface area contributed by atoms with E-state index in [1.807, 2.05) is 24.3 Å². The minimum absolute atomic E-state index is 0.197. The first-order valence-corrected chi connectivity index (χ1v) is 7.02. The number of nitrogens with zero attached hydrogens (tertiary/aromatic N) is 2. The molecule has 2 aromatic rings. The van der Waals surface area contributed by atoms with Crippen LogP contribution >= 0.6 is 22.9 Å². The molecule has 0 aliphatic heterocycles. The van der Waals surface area contributed by atoms with E-state index < -0.39 is 0 Å². The Morgan fingerprint density at radius 1 is 1.33 bits per heavy atom. The van der Waals surface area contributed by atoms with Crippen LogP contribution in [0.15, 0.2) is 34.6 Å². The number of hydrogen-bond acceptors (Lipinski definition) is 3. The van der Waals surface area contributed by atoms with Crippen molar-refractivity contribution < 1.29 is 5.11 Å². The van der Waals surface area contributed by atoms with Gasteiger partial charge in [0.25, 0.3) is 0 Å². The molecule has 1 N–H and O–H groups in total. The Morgan fingerprint density at radius 3 is 2.72 bits per heavy atom. The van der Waals surface area contributed by atoms with Crippen LogP contribution in [-0.4, -0.2) is 16.3 Å². The lowest BCUT2D eigenvalue weighted by molar-refractivity contribution is 0.279. The quantitative estimate of drug-likeness (QED) is 0.919. The van der Waals surface area contributed by atoms with Crippen molar-refractivity contribution in [2.75, 3.05) is 6.61 Å². The Morgan fingerprint density at radius 2 is 2.06 bits per heavy atom. The van der Waals surface area contributed by atoms with Gasteiger partial charge in [-0.3, -0.25) is 0 Å². The maximum absolute atomic E-state index is 8.91. The molecule has 0 bridgehead atoms. The molecule has 5 heteroatoms. The van der Waals surface area contributed by atoms with Crippen molar-refractivity contribution in [2.24, 2.45) is 4.99 Å². The van der Waals surface area contributed by atoms with E-state index in [0.29, 0.717) is 5.02 Å². The average molecular weight is 283 g/mol. The maximum Gasteiger partial charge on any atom is 0.190 e. The molecule has 0 radical (unpaired) electrons. The first kappa shape index (κ1) is 13.3. The zero-order chi connectivity index (χ0) is 13.0. The third kappa shape index (κ3) is 3.22. The molecule has 1 heterocycles. The number of aliphatic hydroxyl groups is 1. The van der Waals surface area contributed by atoms with Crippen molar-refractivity contribution in [3.8, 4) is 0 Å². The second-order valence-corrected chi connectivity index (χ2v) is 5.25. The van der Waals surface area contributed by atoms with Crippen LogP contribution in [-0.2, 0) is 6.54 Å². The molecule has 96 valence electrons. The Bertz CT molecular complexity index is 571. The molecule has 0 fully saturated rings. The van der Waals surface area contributed by atoms with Gasteiger partial charge in [-0.25, -0.2) is 4.99 Å². The summed E-state index contributed by atoms with van der Waals surface area (Å²) in [5.74, 6) is 0. The van der Waals surface area contributed by atoms with E-state index in [9.17, 15) is 0 Å². The third-order valence-corrected chi connectivity index (χ3v) is 3.82. The molecule has 0 atom stereocenters. The largest absolute Gasteiger partial charge is 0.396 e. The number of hydrogen-bond donors (Lipinski definition) is 1. The molecular weight excluding hydrogens is 268 g/mol. The van der Waals surface area contributed by atoms with E-state index in [1.54, 1.807) is 11.3 Å². The fourth-order valence-corrected chi connectivity index (χ4v) is 2.68. The molecule has 18 heavy (non-hydrogen) atoms. The normalized spacial score (nSPS) is 12.1. The van der Waals surface area contributed by atoms with Crippen LogP contribution < -0.4 is 4.80 Å². The third-order valence-electron chi connectivity index (χ3n) is 2.58. The highest BCUT2D eigenvalue weighted by molar-refractivity contribution is 7.07. The number of rotatable bonds is 4. The van der Waals surface area contributed by atoms with E-state index in [0.717, 1.165) is 23.5 Å². The van der Waals surface area contributed by atoms with Crippen molar-refractivity contribution in [1.29, 1.82) is 0 Å². The molecule has 0 saturated heterocycles. The van der Waals surface area contributed by atoms with Crippen LogP contribution in [0.4, 0.5) is 5.69 Å². The molecule has 1 aromatic carbocycles. The summed E-state index contributed by atoms with van der Waals surface area (Å²) in [6.07, 6.45) is 0.741. The lowest BCUT2D eigenvalue weighted by Crippen LogP contribution is -2.16. The van der Waals surface area contributed by atoms with Gasteiger partial charge in [0.2, 0.25) is 0 Å². The summed E-state index contributed by atoms with van der Waals surface area (Å²) in [5.41, 5.74) is 2.06. The monoisotopic (exact) mass is 282 g/mol. The number of aromatic nitrogens is 1. The lowest BCUT2D eigenvalue weighted by Gasteiger charge is -2.03. The summed E-state index contributed by atoms with van der Waals surface area (Å²) in [4.78, 5) is 5.54. The molecule has 2 rings (SSSR count). The molecule has 0 unspecified atom stereocenters. The van der Waals surface area contributed by atoms with Crippen molar-refractivity contribution >= 4 is 28.6 Å². The highest BCUT2D eigenvalue weighted by Gasteiger charge is 2.01. The molecule has 0 spiro atoms. The van der Waals surface area contributed by atoms with Gasteiger partial charge in [-0.05, 0) is 37.6 Å². The summed E-state index contributed by atoms with van der Waals surface area (Å²) in [7, 11) is 0. The summed E-state index contributed by atoms with van der Waals surface area (Å²) < 4.78 is 2.12. The fourth-order valence-electron chi connectivity index (χ4n) is 1.63. The fraction of sp³-hybridized carbons (Fsp3) is 0.308. The maximum atomic E-state index is 8.91. The van der Waals surface area contributed by atoms with E-state index in [2.05, 4.69) is 21.9 Å². The van der Waals surface area contributed by atoms with Crippen LogP contribution in [0, 0.1) is 6.92 Å². The second kappa shape index (κ2) is 6.18. The summed E-state index contributed by atoms with van der Waals surface area (Å²) >= 11 is 7.45. The van der Waals surface area contributed by atoms with Gasteiger partial charge >= 0.3 is 0 Å². The molecule has 3 nitrogen and oxygen atoms in total. The van der Waals surface area contributed by atoms with Crippen molar-refractivity contribution in [3.63, 3.8) is 0 Å². The summed E-state index contributed by atoms with van der Waals surface area (Å²) in [6.45, 7) is 3.04. The Labute approximate surface area is 115 Å². The van der Waals surface area contributed by atoms with Crippen molar-refractivity contribution in [3.05, 3.63) is 45.2 Å². The van der Waals surface area contributed by atoms with Gasteiger partial charge in [0, 0.05) is 29.2 Å². The predicted molar refractivity (Wildman–Crippen MR) is 75.4 cm³/mol. The van der Waals surface area contributed by atoms with E-state index in [4.69, 9.17) is 16.7 Å². The van der Waals surface area contributed by atoms with E-state index in [-0.39, 0.29) is 6.61 Å². The number of benzene rings is 1. The molecular formula is C13H15ClN2OS. The van der Waals surface area contributed by atoms with Gasteiger partial charge in [0.05, 0.1) is 5.69 Å². The molecule has 0 aliphatic carbocycles. The van der Waals surface area contributed by atoms with Gasteiger partial charge < -0.3 is 9.67 Å². The number of aliphatic hydroxyl groups excluding tert-OH is 1. The van der Waals surface area contributed by atoms with Crippen molar-refractivity contribution in [2.45, 2.75) is 19.9 Å². The van der Waals surface area contributed by atoms with Gasteiger partial charge in [0.15, 0.2) is 4.80 Å². The highest BCUT2D eigenvalue weighted by atomic mass is 35.5. The molecule has 1 aromatic heterocycles. The summed E-state index contributed by atoms with van der Waals surface area (Å²) in [6, 6.07) is 7.46. The first-order chi connectivity index (χ1) is 8.70. The zero-order valence-electron chi connectivity index (χ0n) is 10.1. The van der Waals surface area contributed by atoms with Crippen LogP contribution in [0.5, 0.6) is 0 Å². The highest BCUT2D eigenvalue weighted by Crippen LogP contribution is 2.16. The smallest absolute Gasteiger partial charge is 0.190 e. The summed E-state index contributed by atoms with van der Waals surface area (Å²) in [5, 5.41) is 11.7. The van der Waals surface area contributed by atoms with Crippen LogP contribution in [0.2, 0.25) is 5.02 Å². The minimum Gasteiger partial charge on any atom is -0.396 e. The molecule has 0 saturated carbocycles. The van der Waals surface area contributed by atoms with E-state index in [1.165, 1.54) is 5.69 Å². The topological polar surface area (TPSA) is 37.5 Å². The van der Waals surface area contributed by atoms with Crippen molar-refractivity contribution in [1.82, 2.24) is 4.57 Å². The van der Waals surface area contributed by atoms with Gasteiger partial charge in [-0.15, -0.1) is 11.3 Å². The van der Waals surface area contributed by atoms with Crippen LogP contribution in [0.1, 0.15) is 12.1 Å². The Balaban J connectivity index is 2.35. The van der Waals surface area contributed by atoms with E-state index >= 15 is 0 Å². The first-order valence-electron chi connectivity index (χ1n) is 5.77. The number of aryl methyl sites for hydroxylation is 1. The van der Waals surface area contributed by atoms with Crippen LogP contribution in [0.25, 0.3) is 0 Å². The molecule has 0 amide bonds. The standard InChI is InChI=1S/C13H15ClN2OS/c1-10-9-18-13(16(10)7-2-8-17)15-12-5-3-11(14)4-6-12/h3-6,9,17H,2,7-8H2,1H3. The lowest BCUT2D eigenvalue weighted by atomic mass is 10.3. The van der Waals surface area contributed by atoms with Gasteiger partial charge in [-0.1, -0.05) is 11.6 Å². The SMILES string of the molecule is Cc1csc(=Nc2ccc(Cl)cc2)n1CCCO. The zero-order valence-corrected chi connectivity index (χ0v) is 11.7. The second-order valence-electron chi connectivity index (χ2n) is 3.98. The number of thiazole rings is 1. The predicted octanol–water partition coefficient (Wildman–Crippen LogP) is 3.13. The molecule has 0 aliphatic rings. The Hall–Kier alpha value is -1.10. The minimum atomic E-state index is 0.197. The average Bonchev–Trinajstić information content (AvgIpc) is 2.71. The number of halogens is 1. The van der Waals surface area contributed by atoms with Crippen LogP contribution in [0.3, 0.4) is 0 Å². The van der Waals surface area contributed by atoms with Gasteiger partial charge in [-0.2, -0.15) is 0 Å². The van der Waals surface area contributed by atoms with Gasteiger partial charge in [0.1, 0.15) is 0 Å². The Kier molecular flexibility index (Phi) is 4.58.